The zero-order chi connectivity index (χ0) is 21.0. The third kappa shape index (κ3) is 4.17. The number of amides is 1. The highest BCUT2D eigenvalue weighted by atomic mass is 19.1. The Hall–Kier alpha value is -4.32. The number of hydrogen-bond acceptors (Lipinski definition) is 6. The van der Waals surface area contributed by atoms with Gasteiger partial charge >= 0.3 is 0 Å². The summed E-state index contributed by atoms with van der Waals surface area (Å²) in [5, 5.41) is 26.6. The molecule has 0 aliphatic rings. The lowest BCUT2D eigenvalue weighted by molar-refractivity contribution is 0.0947. The van der Waals surface area contributed by atoms with E-state index < -0.39 is 17.3 Å². The van der Waals surface area contributed by atoms with Crippen LogP contribution in [0, 0.1) is 24.1 Å². The molecule has 2 N–H and O–H groups in total. The molecule has 3 rings (SSSR count). The van der Waals surface area contributed by atoms with E-state index in [9.17, 15) is 24.3 Å². The Morgan fingerprint density at radius 1 is 1.31 bits per heavy atom. The highest BCUT2D eigenvalue weighted by Crippen LogP contribution is 2.12. The number of nitrogens with one attached hydrogen (secondary N) is 1. The predicted molar refractivity (Wildman–Crippen MR) is 102 cm³/mol. The first-order valence-corrected chi connectivity index (χ1v) is 8.33. The number of halogens is 1. The number of nitriles is 1. The SMILES string of the molecule is Cc1c(C(=O)N/N=C/c2cccc(O)c2)nn(-c2ccc(F)cc2)c(=O)c1C#N. The van der Waals surface area contributed by atoms with Crippen LogP contribution in [-0.2, 0) is 0 Å². The van der Waals surface area contributed by atoms with Crippen LogP contribution in [0.5, 0.6) is 5.75 Å². The standard InChI is InChI=1S/C20H14FN5O3/c1-12-17(10-22)20(29)26(15-7-5-14(21)6-8-15)25-18(12)19(28)24-23-11-13-3-2-4-16(27)9-13/h2-9,11,27H,1H3,(H,24,28)/b23-11+. The van der Waals surface area contributed by atoms with Gasteiger partial charge in [-0.1, -0.05) is 12.1 Å². The van der Waals surface area contributed by atoms with Crippen LogP contribution in [0.2, 0.25) is 0 Å². The molecule has 1 heterocycles. The van der Waals surface area contributed by atoms with Crippen LogP contribution < -0.4 is 11.0 Å². The van der Waals surface area contributed by atoms with Gasteiger partial charge in [-0.25, -0.2) is 9.82 Å². The molecule has 0 saturated carbocycles. The third-order valence-corrected chi connectivity index (χ3v) is 3.98. The largest absolute Gasteiger partial charge is 0.508 e. The van der Waals surface area contributed by atoms with Crippen LogP contribution >= 0.6 is 0 Å². The van der Waals surface area contributed by atoms with Crippen molar-refractivity contribution in [3.63, 3.8) is 0 Å². The Morgan fingerprint density at radius 3 is 2.69 bits per heavy atom. The highest BCUT2D eigenvalue weighted by Gasteiger charge is 2.20. The van der Waals surface area contributed by atoms with Crippen LogP contribution in [0.15, 0.2) is 58.4 Å². The predicted octanol–water partition coefficient (Wildman–Crippen LogP) is 2.02. The van der Waals surface area contributed by atoms with Crippen LogP contribution in [0.25, 0.3) is 5.69 Å². The lowest BCUT2D eigenvalue weighted by Crippen LogP contribution is -2.31. The Labute approximate surface area is 164 Å². The maximum atomic E-state index is 13.2. The van der Waals surface area contributed by atoms with Crippen molar-refractivity contribution >= 4 is 12.1 Å². The van der Waals surface area contributed by atoms with Crippen molar-refractivity contribution in [3.8, 4) is 17.5 Å². The van der Waals surface area contributed by atoms with Gasteiger partial charge < -0.3 is 5.11 Å². The summed E-state index contributed by atoms with van der Waals surface area (Å²) in [5.74, 6) is -1.21. The average Bonchev–Trinajstić information content (AvgIpc) is 2.69. The summed E-state index contributed by atoms with van der Waals surface area (Å²) in [6.45, 7) is 1.43. The minimum Gasteiger partial charge on any atom is -0.508 e. The van der Waals surface area contributed by atoms with Gasteiger partial charge in [0.05, 0.1) is 11.9 Å². The Morgan fingerprint density at radius 2 is 2.03 bits per heavy atom. The molecular formula is C20H14FN5O3. The summed E-state index contributed by atoms with van der Waals surface area (Å²) < 4.78 is 14.0. The topological polar surface area (TPSA) is 120 Å². The van der Waals surface area contributed by atoms with Gasteiger partial charge in [0, 0.05) is 5.56 Å². The monoisotopic (exact) mass is 391 g/mol. The van der Waals surface area contributed by atoms with E-state index in [1.807, 2.05) is 0 Å². The lowest BCUT2D eigenvalue weighted by Gasteiger charge is -2.10. The summed E-state index contributed by atoms with van der Waals surface area (Å²) in [5.41, 5.74) is 1.95. The molecule has 144 valence electrons. The fraction of sp³-hybridized carbons (Fsp3) is 0.0500. The van der Waals surface area contributed by atoms with Gasteiger partial charge in [0.2, 0.25) is 0 Å². The molecule has 1 amide bonds. The quantitative estimate of drug-likeness (QED) is 0.521. The number of carbonyl (C=O) groups is 1. The van der Waals surface area contributed by atoms with Crippen molar-refractivity contribution in [2.24, 2.45) is 5.10 Å². The molecule has 0 aliphatic heterocycles. The van der Waals surface area contributed by atoms with Crippen molar-refractivity contribution in [1.82, 2.24) is 15.2 Å². The number of rotatable bonds is 4. The van der Waals surface area contributed by atoms with Crippen LogP contribution in [0.1, 0.15) is 27.2 Å². The van der Waals surface area contributed by atoms with Gasteiger partial charge in [-0.3, -0.25) is 9.59 Å². The molecule has 0 fully saturated rings. The van der Waals surface area contributed by atoms with Gasteiger partial charge in [0.15, 0.2) is 5.69 Å². The molecular weight excluding hydrogens is 377 g/mol. The molecule has 3 aromatic rings. The molecule has 8 nitrogen and oxygen atoms in total. The van der Waals surface area contributed by atoms with E-state index in [0.717, 1.165) is 16.8 Å². The van der Waals surface area contributed by atoms with Gasteiger partial charge in [-0.15, -0.1) is 0 Å². The number of hydrazone groups is 1. The molecule has 2 aromatic carbocycles. The van der Waals surface area contributed by atoms with E-state index in [0.29, 0.717) is 5.56 Å². The van der Waals surface area contributed by atoms with Gasteiger partial charge in [0.1, 0.15) is 23.2 Å². The molecule has 0 saturated heterocycles. The number of benzene rings is 2. The number of aromatic nitrogens is 2. The maximum Gasteiger partial charge on any atom is 0.292 e. The lowest BCUT2D eigenvalue weighted by atomic mass is 10.1. The smallest absolute Gasteiger partial charge is 0.292 e. The average molecular weight is 391 g/mol. The van der Waals surface area contributed by atoms with Crippen LogP contribution in [-0.4, -0.2) is 27.0 Å². The molecule has 0 atom stereocenters. The number of aromatic hydroxyl groups is 1. The molecule has 1 aromatic heterocycles. The van der Waals surface area contributed by atoms with E-state index in [2.05, 4.69) is 15.6 Å². The molecule has 0 radical (unpaired) electrons. The second-order valence-corrected chi connectivity index (χ2v) is 5.95. The van der Waals surface area contributed by atoms with Crippen molar-refractivity contribution in [2.45, 2.75) is 6.92 Å². The Bertz CT molecular complexity index is 1210. The summed E-state index contributed by atoms with van der Waals surface area (Å²) >= 11 is 0. The molecule has 0 bridgehead atoms. The van der Waals surface area contributed by atoms with Crippen molar-refractivity contribution < 1.29 is 14.3 Å². The molecule has 0 aliphatic carbocycles. The second-order valence-electron chi connectivity index (χ2n) is 5.95. The minimum absolute atomic E-state index is 0.0443. The van der Waals surface area contributed by atoms with Crippen molar-refractivity contribution in [2.75, 3.05) is 0 Å². The van der Waals surface area contributed by atoms with Crippen molar-refractivity contribution in [3.05, 3.63) is 87.1 Å². The van der Waals surface area contributed by atoms with Crippen molar-refractivity contribution in [1.29, 1.82) is 5.26 Å². The van der Waals surface area contributed by atoms with E-state index >= 15 is 0 Å². The van der Waals surface area contributed by atoms with Crippen LogP contribution in [0.4, 0.5) is 4.39 Å². The maximum absolute atomic E-state index is 13.2. The summed E-state index contributed by atoms with van der Waals surface area (Å²) in [6.07, 6.45) is 1.31. The number of carbonyl (C=O) groups excluding carboxylic acids is 1. The number of phenolic OH excluding ortho intramolecular Hbond substituents is 1. The number of nitrogens with zero attached hydrogens (tertiary/aromatic N) is 4. The zero-order valence-corrected chi connectivity index (χ0v) is 15.1. The summed E-state index contributed by atoms with van der Waals surface area (Å²) in [4.78, 5) is 25.0. The van der Waals surface area contributed by atoms with E-state index in [1.165, 1.54) is 37.4 Å². The Kier molecular flexibility index (Phi) is 5.46. The first-order chi connectivity index (χ1) is 13.9. The Balaban J connectivity index is 1.96. The van der Waals surface area contributed by atoms with Crippen LogP contribution in [0.3, 0.4) is 0 Å². The zero-order valence-electron chi connectivity index (χ0n) is 15.1. The van der Waals surface area contributed by atoms with Gasteiger partial charge in [0.25, 0.3) is 11.5 Å². The number of phenols is 1. The molecule has 29 heavy (non-hydrogen) atoms. The number of hydrogen-bond donors (Lipinski definition) is 2. The summed E-state index contributed by atoms with van der Waals surface area (Å²) in [6, 6.07) is 12.9. The van der Waals surface area contributed by atoms with Gasteiger partial charge in [-0.05, 0) is 48.9 Å². The second kappa shape index (κ2) is 8.14. The first-order valence-electron chi connectivity index (χ1n) is 8.33. The minimum atomic E-state index is -0.744. The molecule has 0 spiro atoms. The normalized spacial score (nSPS) is 10.7. The molecule has 9 heteroatoms. The fourth-order valence-corrected chi connectivity index (χ4v) is 2.53. The first kappa shape index (κ1) is 19.4. The van der Waals surface area contributed by atoms with E-state index in [1.54, 1.807) is 18.2 Å². The van der Waals surface area contributed by atoms with Gasteiger partial charge in [-0.2, -0.15) is 20.1 Å². The third-order valence-electron chi connectivity index (χ3n) is 3.98. The van der Waals surface area contributed by atoms with E-state index in [-0.39, 0.29) is 28.3 Å². The highest BCUT2D eigenvalue weighted by molar-refractivity contribution is 5.94. The summed E-state index contributed by atoms with van der Waals surface area (Å²) in [7, 11) is 0. The fourth-order valence-electron chi connectivity index (χ4n) is 2.53. The molecule has 0 unspecified atom stereocenters. The van der Waals surface area contributed by atoms with E-state index in [4.69, 9.17) is 0 Å².